The predicted octanol–water partition coefficient (Wildman–Crippen LogP) is 2.49. The molecule has 3 heteroatoms. The Hall–Kier alpha value is -0.700. The van der Waals surface area contributed by atoms with Crippen LogP contribution in [0, 0.1) is 0 Å². The number of nitrogens with zero attached hydrogens (tertiary/aromatic N) is 1. The topological polar surface area (TPSA) is 24.9 Å². The molecule has 0 spiro atoms. The van der Waals surface area contributed by atoms with Crippen molar-refractivity contribution in [2.45, 2.75) is 24.8 Å². The van der Waals surface area contributed by atoms with Crippen LogP contribution < -0.4 is 5.32 Å². The van der Waals surface area contributed by atoms with Crippen LogP contribution in [0.25, 0.3) is 0 Å². The Kier molecular flexibility index (Phi) is 2.13. The summed E-state index contributed by atoms with van der Waals surface area (Å²) >= 11 is 2.00. The number of pyridine rings is 1. The SMILES string of the molecule is c1cc(C2CC2)cc(NC2CSC2)n1. The van der Waals surface area contributed by atoms with Gasteiger partial charge < -0.3 is 5.32 Å². The molecular formula is C11H14N2S. The van der Waals surface area contributed by atoms with E-state index >= 15 is 0 Å². The maximum absolute atomic E-state index is 4.35. The molecule has 0 unspecified atom stereocenters. The van der Waals surface area contributed by atoms with E-state index in [4.69, 9.17) is 0 Å². The third-order valence-electron chi connectivity index (χ3n) is 2.82. The third-order valence-corrected chi connectivity index (χ3v) is 4.10. The van der Waals surface area contributed by atoms with Crippen LogP contribution in [0.2, 0.25) is 0 Å². The molecule has 1 aromatic rings. The van der Waals surface area contributed by atoms with Crippen LogP contribution in [0.15, 0.2) is 18.3 Å². The Balaban J connectivity index is 1.72. The first-order valence-corrected chi connectivity index (χ1v) is 6.37. The van der Waals surface area contributed by atoms with E-state index in [1.807, 2.05) is 18.0 Å². The predicted molar refractivity (Wildman–Crippen MR) is 60.9 cm³/mol. The molecule has 1 aliphatic heterocycles. The van der Waals surface area contributed by atoms with Gasteiger partial charge in [-0.05, 0) is 36.5 Å². The Morgan fingerprint density at radius 2 is 2.21 bits per heavy atom. The van der Waals surface area contributed by atoms with Gasteiger partial charge in [-0.1, -0.05) is 0 Å². The van der Waals surface area contributed by atoms with Crippen LogP contribution in [-0.2, 0) is 0 Å². The molecule has 14 heavy (non-hydrogen) atoms. The van der Waals surface area contributed by atoms with Crippen LogP contribution in [0.1, 0.15) is 24.3 Å². The average Bonchev–Trinajstić information content (AvgIpc) is 2.95. The zero-order valence-electron chi connectivity index (χ0n) is 8.07. The summed E-state index contributed by atoms with van der Waals surface area (Å²) in [7, 11) is 0. The second-order valence-electron chi connectivity index (χ2n) is 4.13. The van der Waals surface area contributed by atoms with Gasteiger partial charge in [0.2, 0.25) is 0 Å². The summed E-state index contributed by atoms with van der Waals surface area (Å²) in [5, 5.41) is 3.47. The molecule has 2 heterocycles. The lowest BCUT2D eigenvalue weighted by Crippen LogP contribution is -2.33. The molecule has 0 aromatic carbocycles. The number of nitrogens with one attached hydrogen (secondary N) is 1. The Morgan fingerprint density at radius 3 is 2.86 bits per heavy atom. The van der Waals surface area contributed by atoms with Crippen molar-refractivity contribution in [3.8, 4) is 0 Å². The smallest absolute Gasteiger partial charge is 0.126 e. The molecule has 1 saturated carbocycles. The maximum atomic E-state index is 4.35. The van der Waals surface area contributed by atoms with Gasteiger partial charge in [-0.25, -0.2) is 4.98 Å². The Morgan fingerprint density at radius 1 is 1.36 bits per heavy atom. The zero-order chi connectivity index (χ0) is 9.38. The van der Waals surface area contributed by atoms with Crippen LogP contribution in [0.3, 0.4) is 0 Å². The molecular weight excluding hydrogens is 192 g/mol. The highest BCUT2D eigenvalue weighted by molar-refractivity contribution is 8.00. The standard InChI is InChI=1S/C11H14N2S/c1-2-8(1)9-3-4-12-11(5-9)13-10-6-14-7-10/h3-5,8,10H,1-2,6-7H2,(H,12,13). The molecule has 3 rings (SSSR count). The van der Waals surface area contributed by atoms with Gasteiger partial charge in [0.05, 0.1) is 0 Å². The van der Waals surface area contributed by atoms with Crippen LogP contribution in [-0.4, -0.2) is 22.5 Å². The van der Waals surface area contributed by atoms with Gasteiger partial charge in [0.15, 0.2) is 0 Å². The minimum atomic E-state index is 0.655. The van der Waals surface area contributed by atoms with Gasteiger partial charge in [0.1, 0.15) is 5.82 Å². The van der Waals surface area contributed by atoms with E-state index in [0.29, 0.717) is 6.04 Å². The van der Waals surface area contributed by atoms with E-state index in [-0.39, 0.29) is 0 Å². The molecule has 1 N–H and O–H groups in total. The van der Waals surface area contributed by atoms with Crippen molar-refractivity contribution >= 4 is 17.6 Å². The Labute approximate surface area is 88.5 Å². The van der Waals surface area contributed by atoms with Crippen LogP contribution in [0.5, 0.6) is 0 Å². The lowest BCUT2D eigenvalue weighted by Gasteiger charge is -2.26. The van der Waals surface area contributed by atoms with Crippen molar-refractivity contribution in [1.29, 1.82) is 0 Å². The zero-order valence-corrected chi connectivity index (χ0v) is 8.89. The monoisotopic (exact) mass is 206 g/mol. The van der Waals surface area contributed by atoms with Crippen LogP contribution in [0.4, 0.5) is 5.82 Å². The van der Waals surface area contributed by atoms with E-state index in [0.717, 1.165) is 11.7 Å². The van der Waals surface area contributed by atoms with E-state index < -0.39 is 0 Å². The highest BCUT2D eigenvalue weighted by Gasteiger charge is 2.24. The molecule has 1 aromatic heterocycles. The number of anilines is 1. The highest BCUT2D eigenvalue weighted by atomic mass is 32.2. The molecule has 1 saturated heterocycles. The van der Waals surface area contributed by atoms with Crippen molar-refractivity contribution in [2.24, 2.45) is 0 Å². The molecule has 2 aliphatic rings. The Bertz CT molecular complexity index is 332. The second-order valence-corrected chi connectivity index (χ2v) is 5.20. The fourth-order valence-corrected chi connectivity index (χ4v) is 2.36. The van der Waals surface area contributed by atoms with Crippen LogP contribution >= 0.6 is 11.8 Å². The summed E-state index contributed by atoms with van der Waals surface area (Å²) in [6, 6.07) is 5.03. The van der Waals surface area contributed by atoms with E-state index in [9.17, 15) is 0 Å². The summed E-state index contributed by atoms with van der Waals surface area (Å²) in [5.74, 6) is 4.36. The van der Waals surface area contributed by atoms with Gasteiger partial charge in [-0.3, -0.25) is 0 Å². The summed E-state index contributed by atoms with van der Waals surface area (Å²) < 4.78 is 0. The van der Waals surface area contributed by atoms with Gasteiger partial charge >= 0.3 is 0 Å². The summed E-state index contributed by atoms with van der Waals surface area (Å²) in [5.41, 5.74) is 1.47. The highest BCUT2D eigenvalue weighted by Crippen LogP contribution is 2.40. The maximum Gasteiger partial charge on any atom is 0.126 e. The van der Waals surface area contributed by atoms with Crippen molar-refractivity contribution in [2.75, 3.05) is 16.8 Å². The van der Waals surface area contributed by atoms with E-state index in [1.54, 1.807) is 0 Å². The molecule has 0 amide bonds. The number of hydrogen-bond donors (Lipinski definition) is 1. The fraction of sp³-hybridized carbons (Fsp3) is 0.545. The number of rotatable bonds is 3. The minimum Gasteiger partial charge on any atom is -0.366 e. The second kappa shape index (κ2) is 3.46. The minimum absolute atomic E-state index is 0.655. The third kappa shape index (κ3) is 1.73. The number of hydrogen-bond acceptors (Lipinski definition) is 3. The fourth-order valence-electron chi connectivity index (χ4n) is 1.72. The largest absolute Gasteiger partial charge is 0.366 e. The van der Waals surface area contributed by atoms with Crippen molar-refractivity contribution < 1.29 is 0 Å². The summed E-state index contributed by atoms with van der Waals surface area (Å²) in [4.78, 5) is 4.35. The van der Waals surface area contributed by atoms with Gasteiger partial charge in [-0.15, -0.1) is 0 Å². The molecule has 0 atom stereocenters. The lowest BCUT2D eigenvalue weighted by atomic mass is 10.2. The lowest BCUT2D eigenvalue weighted by molar-refractivity contribution is 0.871. The average molecular weight is 206 g/mol. The molecule has 0 radical (unpaired) electrons. The first kappa shape index (κ1) is 8.60. The van der Waals surface area contributed by atoms with E-state index in [2.05, 4.69) is 22.4 Å². The number of aromatic nitrogens is 1. The van der Waals surface area contributed by atoms with Crippen molar-refractivity contribution in [3.63, 3.8) is 0 Å². The first-order valence-electron chi connectivity index (χ1n) is 5.22. The molecule has 1 aliphatic carbocycles. The van der Waals surface area contributed by atoms with Crippen molar-refractivity contribution in [1.82, 2.24) is 4.98 Å². The number of thioether (sulfide) groups is 1. The van der Waals surface area contributed by atoms with Gasteiger partial charge in [0, 0.05) is 23.7 Å². The van der Waals surface area contributed by atoms with Gasteiger partial charge in [-0.2, -0.15) is 11.8 Å². The van der Waals surface area contributed by atoms with Crippen molar-refractivity contribution in [3.05, 3.63) is 23.9 Å². The normalized spacial score (nSPS) is 21.7. The first-order chi connectivity index (χ1) is 6.92. The molecule has 0 bridgehead atoms. The van der Waals surface area contributed by atoms with Gasteiger partial charge in [0.25, 0.3) is 0 Å². The summed E-state index contributed by atoms with van der Waals surface area (Å²) in [6.45, 7) is 0. The molecule has 2 nitrogen and oxygen atoms in total. The van der Waals surface area contributed by atoms with E-state index in [1.165, 1.54) is 29.9 Å². The summed E-state index contributed by atoms with van der Waals surface area (Å²) in [6.07, 6.45) is 4.66. The quantitative estimate of drug-likeness (QED) is 0.822. The molecule has 2 fully saturated rings. The molecule has 74 valence electrons.